The number of carbonyl (C=O) groups excluding carboxylic acids is 3. The minimum atomic E-state index is -3.14. The molecule has 3 fully saturated rings. The highest BCUT2D eigenvalue weighted by molar-refractivity contribution is 7.91. The van der Waals surface area contributed by atoms with Gasteiger partial charge in [-0.2, -0.15) is 5.10 Å². The summed E-state index contributed by atoms with van der Waals surface area (Å²) >= 11 is 0. The van der Waals surface area contributed by atoms with Crippen molar-refractivity contribution in [2.75, 3.05) is 37.7 Å². The Morgan fingerprint density at radius 2 is 1.59 bits per heavy atom. The maximum atomic E-state index is 12.9. The van der Waals surface area contributed by atoms with Gasteiger partial charge in [0.1, 0.15) is 5.71 Å². The Bertz CT molecular complexity index is 826. The third kappa shape index (κ3) is 4.31. The molecule has 0 radical (unpaired) electrons. The zero-order chi connectivity index (χ0) is 20.6. The quantitative estimate of drug-likeness (QED) is 0.634. The second-order valence-electron chi connectivity index (χ2n) is 8.44. The van der Waals surface area contributed by atoms with Gasteiger partial charge in [0.25, 0.3) is 5.91 Å². The first-order valence-corrected chi connectivity index (χ1v) is 12.3. The van der Waals surface area contributed by atoms with Gasteiger partial charge in [-0.3, -0.25) is 14.4 Å². The van der Waals surface area contributed by atoms with E-state index >= 15 is 0 Å². The third-order valence-electron chi connectivity index (χ3n) is 6.44. The van der Waals surface area contributed by atoms with Crippen LogP contribution in [0.5, 0.6) is 0 Å². The van der Waals surface area contributed by atoms with Gasteiger partial charge < -0.3 is 9.80 Å². The minimum Gasteiger partial charge on any atom is -0.339 e. The highest BCUT2D eigenvalue weighted by Gasteiger charge is 2.38. The number of hydrogen-bond acceptors (Lipinski definition) is 6. The molecule has 1 atom stereocenters. The lowest BCUT2D eigenvalue weighted by Crippen LogP contribution is -2.54. The fourth-order valence-electron chi connectivity index (χ4n) is 4.72. The molecule has 0 spiro atoms. The first kappa shape index (κ1) is 20.3. The standard InChI is InChI=1S/C19H28N4O5S/c24-17-6-5-16(20-23(17)15-7-12-29(27,28)13-15)19(26)22-10-8-21(9-11-22)18(25)14-3-1-2-4-14/h14-15H,1-13H2. The Morgan fingerprint density at radius 1 is 0.931 bits per heavy atom. The van der Waals surface area contributed by atoms with Crippen LogP contribution in [0.3, 0.4) is 0 Å². The van der Waals surface area contributed by atoms with Gasteiger partial charge in [-0.15, -0.1) is 0 Å². The van der Waals surface area contributed by atoms with Crippen LogP contribution in [0.2, 0.25) is 0 Å². The smallest absolute Gasteiger partial charge is 0.270 e. The SMILES string of the molecule is O=C(C1=NN(C2CCS(=O)(=O)C2)C(=O)CC1)N1CCN(C(=O)C2CCCC2)CC1. The molecule has 2 saturated heterocycles. The van der Waals surface area contributed by atoms with E-state index in [4.69, 9.17) is 0 Å². The topological polar surface area (TPSA) is 107 Å². The van der Waals surface area contributed by atoms with E-state index in [0.717, 1.165) is 25.7 Å². The van der Waals surface area contributed by atoms with E-state index in [0.29, 0.717) is 38.3 Å². The van der Waals surface area contributed by atoms with Gasteiger partial charge in [-0.05, 0) is 19.3 Å². The molecule has 0 bridgehead atoms. The van der Waals surface area contributed by atoms with Gasteiger partial charge in [0.15, 0.2) is 9.84 Å². The molecule has 160 valence electrons. The normalized spacial score (nSPS) is 28.0. The fraction of sp³-hybridized carbons (Fsp3) is 0.789. The molecule has 0 aromatic carbocycles. The van der Waals surface area contributed by atoms with Crippen LogP contribution in [0, 0.1) is 5.92 Å². The molecule has 4 aliphatic rings. The number of amides is 3. The van der Waals surface area contributed by atoms with Gasteiger partial charge in [0, 0.05) is 44.9 Å². The number of piperazine rings is 1. The molecular weight excluding hydrogens is 396 g/mol. The highest BCUT2D eigenvalue weighted by Crippen LogP contribution is 2.27. The van der Waals surface area contributed by atoms with Crippen LogP contribution in [-0.2, 0) is 24.2 Å². The number of nitrogens with zero attached hydrogens (tertiary/aromatic N) is 4. The van der Waals surface area contributed by atoms with E-state index in [9.17, 15) is 22.8 Å². The van der Waals surface area contributed by atoms with Crippen molar-refractivity contribution in [3.05, 3.63) is 0 Å². The Hall–Kier alpha value is -1.97. The second kappa shape index (κ2) is 8.04. The van der Waals surface area contributed by atoms with Crippen molar-refractivity contribution in [1.29, 1.82) is 0 Å². The fourth-order valence-corrected chi connectivity index (χ4v) is 6.41. The maximum Gasteiger partial charge on any atom is 0.270 e. The van der Waals surface area contributed by atoms with Crippen molar-refractivity contribution >= 4 is 33.3 Å². The first-order valence-electron chi connectivity index (χ1n) is 10.5. The van der Waals surface area contributed by atoms with Crippen molar-refractivity contribution < 1.29 is 22.8 Å². The summed E-state index contributed by atoms with van der Waals surface area (Å²) < 4.78 is 23.5. The van der Waals surface area contributed by atoms with E-state index in [-0.39, 0.29) is 48.0 Å². The summed E-state index contributed by atoms with van der Waals surface area (Å²) in [5.41, 5.74) is 0.310. The van der Waals surface area contributed by atoms with E-state index < -0.39 is 15.9 Å². The van der Waals surface area contributed by atoms with Crippen LogP contribution < -0.4 is 0 Å². The lowest BCUT2D eigenvalue weighted by atomic mass is 10.1. The molecule has 10 heteroatoms. The summed E-state index contributed by atoms with van der Waals surface area (Å²) in [6.07, 6.45) is 4.97. The monoisotopic (exact) mass is 424 g/mol. The lowest BCUT2D eigenvalue weighted by molar-refractivity contribution is -0.140. The van der Waals surface area contributed by atoms with Crippen LogP contribution >= 0.6 is 0 Å². The predicted molar refractivity (Wildman–Crippen MR) is 106 cm³/mol. The Balaban J connectivity index is 1.37. The van der Waals surface area contributed by atoms with Crippen molar-refractivity contribution in [3.8, 4) is 0 Å². The van der Waals surface area contributed by atoms with Crippen LogP contribution in [0.4, 0.5) is 0 Å². The Labute approximate surface area is 171 Å². The van der Waals surface area contributed by atoms with Crippen molar-refractivity contribution in [1.82, 2.24) is 14.8 Å². The number of sulfone groups is 1. The lowest BCUT2D eigenvalue weighted by Gasteiger charge is -2.37. The number of hydrogen-bond donors (Lipinski definition) is 0. The van der Waals surface area contributed by atoms with Gasteiger partial charge in [0.2, 0.25) is 11.8 Å². The van der Waals surface area contributed by atoms with Crippen molar-refractivity contribution in [2.45, 2.75) is 51.0 Å². The minimum absolute atomic E-state index is 0.0528. The number of hydrazone groups is 1. The second-order valence-corrected chi connectivity index (χ2v) is 10.7. The molecule has 1 aliphatic carbocycles. The third-order valence-corrected chi connectivity index (χ3v) is 8.19. The van der Waals surface area contributed by atoms with E-state index in [2.05, 4.69) is 5.10 Å². The molecular formula is C19H28N4O5S. The summed E-state index contributed by atoms with van der Waals surface area (Å²) in [6, 6.07) is -0.475. The van der Waals surface area contributed by atoms with Crippen LogP contribution in [0.25, 0.3) is 0 Å². The average molecular weight is 425 g/mol. The van der Waals surface area contributed by atoms with Gasteiger partial charge in [-0.1, -0.05) is 12.8 Å². The summed E-state index contributed by atoms with van der Waals surface area (Å²) in [5.74, 6) is -0.124. The van der Waals surface area contributed by atoms with Crippen molar-refractivity contribution in [2.24, 2.45) is 11.0 Å². The highest BCUT2D eigenvalue weighted by atomic mass is 32.2. The van der Waals surface area contributed by atoms with E-state index in [1.165, 1.54) is 5.01 Å². The van der Waals surface area contributed by atoms with Gasteiger partial charge in [-0.25, -0.2) is 13.4 Å². The van der Waals surface area contributed by atoms with Crippen LogP contribution in [0.1, 0.15) is 44.9 Å². The molecule has 0 aromatic heterocycles. The summed E-state index contributed by atoms with van der Waals surface area (Å²) in [5, 5.41) is 5.49. The predicted octanol–water partition coefficient (Wildman–Crippen LogP) is 0.0129. The number of rotatable bonds is 3. The summed E-state index contributed by atoms with van der Waals surface area (Å²) in [7, 11) is -3.14. The summed E-state index contributed by atoms with van der Waals surface area (Å²) in [4.78, 5) is 41.3. The van der Waals surface area contributed by atoms with Gasteiger partial charge >= 0.3 is 0 Å². The molecule has 9 nitrogen and oxygen atoms in total. The zero-order valence-corrected chi connectivity index (χ0v) is 17.4. The maximum absolute atomic E-state index is 12.9. The molecule has 4 rings (SSSR count). The van der Waals surface area contributed by atoms with Crippen molar-refractivity contribution in [3.63, 3.8) is 0 Å². The molecule has 3 aliphatic heterocycles. The Kier molecular flexibility index (Phi) is 5.63. The van der Waals surface area contributed by atoms with E-state index in [1.54, 1.807) is 4.90 Å². The molecule has 3 amide bonds. The molecule has 0 aromatic rings. The molecule has 1 saturated carbocycles. The van der Waals surface area contributed by atoms with E-state index in [1.807, 2.05) is 4.90 Å². The molecule has 29 heavy (non-hydrogen) atoms. The Morgan fingerprint density at radius 3 is 2.21 bits per heavy atom. The zero-order valence-electron chi connectivity index (χ0n) is 16.6. The average Bonchev–Trinajstić information content (AvgIpc) is 3.37. The molecule has 3 heterocycles. The van der Waals surface area contributed by atoms with Crippen LogP contribution in [-0.4, -0.2) is 90.4 Å². The van der Waals surface area contributed by atoms with Gasteiger partial charge in [0.05, 0.1) is 17.5 Å². The van der Waals surface area contributed by atoms with Crippen LogP contribution in [0.15, 0.2) is 5.10 Å². The number of carbonyl (C=O) groups is 3. The molecule has 0 N–H and O–H groups in total. The molecule has 1 unspecified atom stereocenters. The largest absolute Gasteiger partial charge is 0.339 e. The summed E-state index contributed by atoms with van der Waals surface area (Å²) in [6.45, 7) is 1.97. The first-order chi connectivity index (χ1) is 13.8.